The van der Waals surface area contributed by atoms with Crippen molar-refractivity contribution in [3.05, 3.63) is 39.9 Å². The molecule has 0 N–H and O–H groups in total. The van der Waals surface area contributed by atoms with Crippen LogP contribution in [0.1, 0.15) is 24.8 Å². The van der Waals surface area contributed by atoms with Crippen molar-refractivity contribution in [1.82, 2.24) is 19.6 Å². The predicted octanol–water partition coefficient (Wildman–Crippen LogP) is 2.85. The summed E-state index contributed by atoms with van der Waals surface area (Å²) in [6.45, 7) is 6.81. The van der Waals surface area contributed by atoms with Crippen LogP contribution < -0.4 is 0 Å². The van der Waals surface area contributed by atoms with Crippen LogP contribution in [0, 0.1) is 0 Å². The van der Waals surface area contributed by atoms with Gasteiger partial charge in [-0.1, -0.05) is 35.7 Å². The van der Waals surface area contributed by atoms with Gasteiger partial charge in [-0.3, -0.25) is 19.4 Å². The molecule has 0 aromatic heterocycles. The van der Waals surface area contributed by atoms with Crippen LogP contribution in [0.5, 0.6) is 0 Å². The van der Waals surface area contributed by atoms with Gasteiger partial charge in [0.1, 0.15) is 0 Å². The first-order valence-electron chi connectivity index (χ1n) is 11.2. The van der Waals surface area contributed by atoms with Crippen LogP contribution >= 0.6 is 23.2 Å². The van der Waals surface area contributed by atoms with E-state index in [1.54, 1.807) is 30.4 Å². The number of nitrogens with zero attached hydrogens (tertiary/aromatic N) is 4. The van der Waals surface area contributed by atoms with E-state index in [2.05, 4.69) is 9.80 Å². The molecular formula is C23H30Cl2N4O2. The summed E-state index contributed by atoms with van der Waals surface area (Å²) in [5.74, 6) is 0.175. The Labute approximate surface area is 194 Å². The van der Waals surface area contributed by atoms with Gasteiger partial charge in [-0.05, 0) is 36.6 Å². The molecule has 0 atom stereocenters. The number of halogens is 2. The molecule has 2 saturated heterocycles. The first kappa shape index (κ1) is 22.6. The number of hydrogen-bond acceptors (Lipinski definition) is 4. The highest BCUT2D eigenvalue weighted by Crippen LogP contribution is 2.25. The first-order valence-corrected chi connectivity index (χ1v) is 11.9. The summed E-state index contributed by atoms with van der Waals surface area (Å²) < 4.78 is 0. The highest BCUT2D eigenvalue weighted by Gasteiger charge is 2.30. The second-order valence-corrected chi connectivity index (χ2v) is 9.45. The van der Waals surface area contributed by atoms with E-state index in [-0.39, 0.29) is 11.8 Å². The third-order valence-electron chi connectivity index (χ3n) is 6.67. The summed E-state index contributed by atoms with van der Waals surface area (Å²) in [6, 6.07) is 5.97. The van der Waals surface area contributed by atoms with Gasteiger partial charge in [0.15, 0.2) is 0 Å². The van der Waals surface area contributed by atoms with Crippen molar-refractivity contribution in [2.75, 3.05) is 58.9 Å². The molecule has 3 aliphatic rings. The predicted molar refractivity (Wildman–Crippen MR) is 124 cm³/mol. The average Bonchev–Trinajstić information content (AvgIpc) is 2.73. The lowest BCUT2D eigenvalue weighted by Crippen LogP contribution is -2.56. The largest absolute Gasteiger partial charge is 0.339 e. The highest BCUT2D eigenvalue weighted by atomic mass is 35.5. The third kappa shape index (κ3) is 5.80. The Balaban J connectivity index is 1.19. The molecule has 4 rings (SSSR count). The molecule has 2 aliphatic heterocycles. The van der Waals surface area contributed by atoms with Gasteiger partial charge >= 0.3 is 0 Å². The van der Waals surface area contributed by atoms with Gasteiger partial charge in [0.25, 0.3) is 0 Å². The lowest BCUT2D eigenvalue weighted by atomic mass is 9.91. The summed E-state index contributed by atoms with van der Waals surface area (Å²) >= 11 is 12.1. The van der Waals surface area contributed by atoms with Gasteiger partial charge in [-0.2, -0.15) is 0 Å². The van der Waals surface area contributed by atoms with E-state index in [9.17, 15) is 9.59 Å². The highest BCUT2D eigenvalue weighted by molar-refractivity contribution is 6.35. The van der Waals surface area contributed by atoms with E-state index in [0.717, 1.165) is 50.9 Å². The summed E-state index contributed by atoms with van der Waals surface area (Å²) in [4.78, 5) is 33.7. The van der Waals surface area contributed by atoms with Crippen molar-refractivity contribution in [3.8, 4) is 0 Å². The molecule has 0 bridgehead atoms. The molecule has 8 heteroatoms. The normalized spacial score (nSPS) is 21.5. The third-order valence-corrected chi connectivity index (χ3v) is 7.23. The maximum Gasteiger partial charge on any atom is 0.246 e. The Morgan fingerprint density at radius 1 is 0.935 bits per heavy atom. The fourth-order valence-electron chi connectivity index (χ4n) is 4.41. The minimum absolute atomic E-state index is 0.0379. The van der Waals surface area contributed by atoms with E-state index in [4.69, 9.17) is 23.2 Å². The number of hydrogen-bond donors (Lipinski definition) is 0. The van der Waals surface area contributed by atoms with Crippen LogP contribution in [0.25, 0.3) is 6.08 Å². The summed E-state index contributed by atoms with van der Waals surface area (Å²) in [5, 5.41) is 1.09. The van der Waals surface area contributed by atoms with Crippen molar-refractivity contribution in [3.63, 3.8) is 0 Å². The molecule has 0 radical (unpaired) electrons. The summed E-state index contributed by atoms with van der Waals surface area (Å²) in [5.41, 5.74) is 0.765. The van der Waals surface area contributed by atoms with Gasteiger partial charge in [0.2, 0.25) is 11.8 Å². The minimum Gasteiger partial charge on any atom is -0.339 e. The van der Waals surface area contributed by atoms with Crippen molar-refractivity contribution in [1.29, 1.82) is 0 Å². The smallest absolute Gasteiger partial charge is 0.246 e. The van der Waals surface area contributed by atoms with Crippen LogP contribution in [0.15, 0.2) is 24.3 Å². The van der Waals surface area contributed by atoms with E-state index < -0.39 is 0 Å². The van der Waals surface area contributed by atoms with Crippen LogP contribution in [0.2, 0.25) is 10.0 Å². The Kier molecular flexibility index (Phi) is 7.54. The maximum atomic E-state index is 12.7. The summed E-state index contributed by atoms with van der Waals surface area (Å²) in [6.07, 6.45) is 7.26. The minimum atomic E-state index is -0.0379. The molecule has 0 spiro atoms. The van der Waals surface area contributed by atoms with Gasteiger partial charge in [0.05, 0.1) is 6.54 Å². The standard InChI is InChI=1S/C23H30Cl2N4O2/c24-19-6-4-18(21(25)16-19)5-7-22(30)28-10-8-26(9-11-28)17-23(31)29-14-12-27(13-15-29)20-2-1-3-20/h4-7,16,20H,1-3,8-15,17H2. The number of amides is 2. The molecule has 1 aromatic rings. The Bertz CT molecular complexity index is 827. The van der Waals surface area contributed by atoms with Crippen LogP contribution in [0.3, 0.4) is 0 Å². The molecular weight excluding hydrogens is 435 g/mol. The van der Waals surface area contributed by atoms with Crippen LogP contribution in [0.4, 0.5) is 0 Å². The van der Waals surface area contributed by atoms with Crippen molar-refractivity contribution in [2.45, 2.75) is 25.3 Å². The van der Waals surface area contributed by atoms with Gasteiger partial charge in [-0.25, -0.2) is 0 Å². The Morgan fingerprint density at radius 2 is 1.61 bits per heavy atom. The second kappa shape index (κ2) is 10.3. The molecule has 6 nitrogen and oxygen atoms in total. The number of carbonyl (C=O) groups excluding carboxylic acids is 2. The average molecular weight is 465 g/mol. The van der Waals surface area contributed by atoms with Gasteiger partial charge in [-0.15, -0.1) is 0 Å². The topological polar surface area (TPSA) is 47.1 Å². The van der Waals surface area contributed by atoms with E-state index in [1.807, 2.05) is 9.80 Å². The van der Waals surface area contributed by atoms with Gasteiger partial charge < -0.3 is 9.80 Å². The van der Waals surface area contributed by atoms with Crippen molar-refractivity contribution in [2.24, 2.45) is 0 Å². The molecule has 1 aromatic carbocycles. The second-order valence-electron chi connectivity index (χ2n) is 8.60. The number of carbonyl (C=O) groups is 2. The van der Waals surface area contributed by atoms with Crippen LogP contribution in [-0.2, 0) is 9.59 Å². The molecule has 2 heterocycles. The van der Waals surface area contributed by atoms with Gasteiger partial charge in [0, 0.05) is 74.5 Å². The first-order chi connectivity index (χ1) is 15.0. The number of rotatable bonds is 5. The SMILES string of the molecule is O=C(C=Cc1ccc(Cl)cc1Cl)N1CCN(CC(=O)N2CCN(C3CCC3)CC2)CC1. The zero-order chi connectivity index (χ0) is 21.8. The lowest BCUT2D eigenvalue weighted by molar-refractivity contribution is -0.135. The quantitative estimate of drug-likeness (QED) is 0.628. The molecule has 0 unspecified atom stereocenters. The van der Waals surface area contributed by atoms with E-state index in [1.165, 1.54) is 19.3 Å². The molecule has 31 heavy (non-hydrogen) atoms. The monoisotopic (exact) mass is 464 g/mol. The summed E-state index contributed by atoms with van der Waals surface area (Å²) in [7, 11) is 0. The fraction of sp³-hybridized carbons (Fsp3) is 0.565. The fourth-order valence-corrected chi connectivity index (χ4v) is 4.88. The molecule has 1 aliphatic carbocycles. The molecule has 3 fully saturated rings. The van der Waals surface area contributed by atoms with Crippen LogP contribution in [-0.4, -0.2) is 96.4 Å². The van der Waals surface area contributed by atoms with E-state index >= 15 is 0 Å². The number of benzene rings is 1. The Hall–Kier alpha value is -1.60. The number of piperazine rings is 2. The molecule has 168 valence electrons. The molecule has 1 saturated carbocycles. The Morgan fingerprint density at radius 3 is 2.23 bits per heavy atom. The van der Waals surface area contributed by atoms with E-state index in [0.29, 0.717) is 29.7 Å². The molecule has 2 amide bonds. The maximum absolute atomic E-state index is 12.7. The lowest BCUT2D eigenvalue weighted by Gasteiger charge is -2.43. The van der Waals surface area contributed by atoms with Crippen molar-refractivity contribution < 1.29 is 9.59 Å². The van der Waals surface area contributed by atoms with Crippen molar-refractivity contribution >= 4 is 41.1 Å². The zero-order valence-corrected chi connectivity index (χ0v) is 19.3. The zero-order valence-electron chi connectivity index (χ0n) is 17.8.